The van der Waals surface area contributed by atoms with Gasteiger partial charge in [0, 0.05) is 12.6 Å². The SMILES string of the molecule is COc1cccc(C(CNS(=O)(=O)c2ccc3ccccc3c2)N2CCCC2)c1. The van der Waals surface area contributed by atoms with E-state index in [1.54, 1.807) is 19.2 Å². The molecule has 4 rings (SSSR count). The second kappa shape index (κ2) is 8.53. The first-order valence-corrected chi connectivity index (χ1v) is 11.4. The minimum absolute atomic E-state index is 0.0252. The van der Waals surface area contributed by atoms with Gasteiger partial charge in [-0.2, -0.15) is 0 Å². The lowest BCUT2D eigenvalue weighted by Crippen LogP contribution is -2.36. The fraction of sp³-hybridized carbons (Fsp3) is 0.304. The van der Waals surface area contributed by atoms with Crippen LogP contribution in [0.4, 0.5) is 0 Å². The molecule has 1 unspecified atom stereocenters. The number of hydrogen-bond donors (Lipinski definition) is 1. The maximum atomic E-state index is 13.0. The zero-order chi connectivity index (χ0) is 20.3. The Balaban J connectivity index is 1.58. The number of methoxy groups -OCH3 is 1. The van der Waals surface area contributed by atoms with Gasteiger partial charge in [0.05, 0.1) is 12.0 Å². The largest absolute Gasteiger partial charge is 0.497 e. The Labute approximate surface area is 172 Å². The summed E-state index contributed by atoms with van der Waals surface area (Å²) in [6.07, 6.45) is 2.27. The van der Waals surface area contributed by atoms with Gasteiger partial charge in [-0.15, -0.1) is 0 Å². The number of fused-ring (bicyclic) bond motifs is 1. The van der Waals surface area contributed by atoms with Crippen molar-refractivity contribution < 1.29 is 13.2 Å². The second-order valence-corrected chi connectivity index (χ2v) is 9.16. The molecule has 29 heavy (non-hydrogen) atoms. The summed E-state index contributed by atoms with van der Waals surface area (Å²) >= 11 is 0. The molecular formula is C23H26N2O3S. The number of benzene rings is 3. The fourth-order valence-corrected chi connectivity index (χ4v) is 5.04. The third-order valence-corrected chi connectivity index (χ3v) is 6.98. The van der Waals surface area contributed by atoms with Crippen LogP contribution in [0.15, 0.2) is 71.6 Å². The van der Waals surface area contributed by atoms with Gasteiger partial charge in [-0.05, 0) is 66.5 Å². The first-order valence-electron chi connectivity index (χ1n) is 9.93. The predicted octanol–water partition coefficient (Wildman–Crippen LogP) is 3.96. The van der Waals surface area contributed by atoms with Crippen molar-refractivity contribution in [2.75, 3.05) is 26.7 Å². The molecule has 1 aliphatic rings. The molecule has 1 saturated heterocycles. The normalized spacial score (nSPS) is 16.2. The number of nitrogens with one attached hydrogen (secondary N) is 1. The number of ether oxygens (including phenoxy) is 1. The number of nitrogens with zero attached hydrogens (tertiary/aromatic N) is 1. The average molecular weight is 411 g/mol. The van der Waals surface area contributed by atoms with Crippen molar-refractivity contribution in [1.82, 2.24) is 9.62 Å². The van der Waals surface area contributed by atoms with Crippen molar-refractivity contribution >= 4 is 20.8 Å². The van der Waals surface area contributed by atoms with E-state index in [-0.39, 0.29) is 6.04 Å². The number of sulfonamides is 1. The van der Waals surface area contributed by atoms with E-state index in [1.165, 1.54) is 0 Å². The summed E-state index contributed by atoms with van der Waals surface area (Å²) < 4.78 is 34.2. The molecule has 0 aliphatic carbocycles. The van der Waals surface area contributed by atoms with Crippen LogP contribution < -0.4 is 9.46 Å². The van der Waals surface area contributed by atoms with Crippen LogP contribution in [-0.4, -0.2) is 40.1 Å². The van der Waals surface area contributed by atoms with E-state index in [1.807, 2.05) is 54.6 Å². The van der Waals surface area contributed by atoms with E-state index < -0.39 is 10.0 Å². The number of hydrogen-bond acceptors (Lipinski definition) is 4. The lowest BCUT2D eigenvalue weighted by molar-refractivity contribution is 0.246. The monoisotopic (exact) mass is 410 g/mol. The molecule has 6 heteroatoms. The summed E-state index contributed by atoms with van der Waals surface area (Å²) in [6.45, 7) is 2.27. The van der Waals surface area contributed by atoms with Gasteiger partial charge in [-0.25, -0.2) is 13.1 Å². The van der Waals surface area contributed by atoms with E-state index in [2.05, 4.69) is 9.62 Å². The van der Waals surface area contributed by atoms with Gasteiger partial charge in [0.2, 0.25) is 10.0 Å². The summed E-state index contributed by atoms with van der Waals surface area (Å²) in [5.74, 6) is 0.782. The van der Waals surface area contributed by atoms with Gasteiger partial charge < -0.3 is 4.74 Å². The summed E-state index contributed by atoms with van der Waals surface area (Å²) in [4.78, 5) is 2.64. The minimum Gasteiger partial charge on any atom is -0.497 e. The van der Waals surface area contributed by atoms with Crippen molar-refractivity contribution in [2.24, 2.45) is 0 Å². The van der Waals surface area contributed by atoms with Crippen molar-refractivity contribution in [1.29, 1.82) is 0 Å². The Kier molecular flexibility index (Phi) is 5.85. The molecule has 0 bridgehead atoms. The third kappa shape index (κ3) is 4.45. The van der Waals surface area contributed by atoms with E-state index >= 15 is 0 Å². The third-order valence-electron chi connectivity index (χ3n) is 5.56. The average Bonchev–Trinajstić information content (AvgIpc) is 3.28. The molecule has 1 atom stereocenters. The van der Waals surface area contributed by atoms with Crippen molar-refractivity contribution in [2.45, 2.75) is 23.8 Å². The summed E-state index contributed by atoms with van der Waals surface area (Å²) in [5, 5.41) is 1.94. The maximum absolute atomic E-state index is 13.0. The van der Waals surface area contributed by atoms with E-state index in [4.69, 9.17) is 4.74 Å². The topological polar surface area (TPSA) is 58.6 Å². The molecule has 0 saturated carbocycles. The van der Waals surface area contributed by atoms with E-state index in [9.17, 15) is 8.42 Å². The number of rotatable bonds is 7. The molecule has 0 spiro atoms. The highest BCUT2D eigenvalue weighted by Gasteiger charge is 2.26. The fourth-order valence-electron chi connectivity index (χ4n) is 3.97. The Morgan fingerprint density at radius 1 is 0.966 bits per heavy atom. The van der Waals surface area contributed by atoms with Crippen LogP contribution in [0.1, 0.15) is 24.4 Å². The molecule has 0 radical (unpaired) electrons. The molecule has 1 N–H and O–H groups in total. The molecule has 3 aromatic rings. The smallest absolute Gasteiger partial charge is 0.240 e. The zero-order valence-corrected chi connectivity index (χ0v) is 17.4. The van der Waals surface area contributed by atoms with Gasteiger partial charge in [0.1, 0.15) is 5.75 Å². The van der Waals surface area contributed by atoms with Gasteiger partial charge in [0.15, 0.2) is 0 Å². The maximum Gasteiger partial charge on any atom is 0.240 e. The lowest BCUT2D eigenvalue weighted by Gasteiger charge is -2.28. The van der Waals surface area contributed by atoms with E-state index in [0.29, 0.717) is 11.4 Å². The van der Waals surface area contributed by atoms with Crippen LogP contribution in [0.5, 0.6) is 5.75 Å². The van der Waals surface area contributed by atoms with Crippen LogP contribution >= 0.6 is 0 Å². The first-order chi connectivity index (χ1) is 14.1. The van der Waals surface area contributed by atoms with Crippen LogP contribution in [0.25, 0.3) is 10.8 Å². The molecule has 0 amide bonds. The van der Waals surface area contributed by atoms with Crippen molar-refractivity contribution in [3.05, 3.63) is 72.3 Å². The van der Waals surface area contributed by atoms with E-state index in [0.717, 1.165) is 48.0 Å². The van der Waals surface area contributed by atoms with Gasteiger partial charge >= 0.3 is 0 Å². The quantitative estimate of drug-likeness (QED) is 0.640. The zero-order valence-electron chi connectivity index (χ0n) is 16.5. The summed E-state index contributed by atoms with van der Waals surface area (Å²) in [5.41, 5.74) is 1.06. The highest BCUT2D eigenvalue weighted by molar-refractivity contribution is 7.89. The Morgan fingerprint density at radius 2 is 1.72 bits per heavy atom. The van der Waals surface area contributed by atoms with Crippen LogP contribution in [0, 0.1) is 0 Å². The second-order valence-electron chi connectivity index (χ2n) is 7.40. The first kappa shape index (κ1) is 19.9. The highest BCUT2D eigenvalue weighted by Crippen LogP contribution is 2.28. The predicted molar refractivity (Wildman–Crippen MR) is 116 cm³/mol. The van der Waals surface area contributed by atoms with Crippen LogP contribution in [0.2, 0.25) is 0 Å². The molecule has 152 valence electrons. The van der Waals surface area contributed by atoms with Crippen molar-refractivity contribution in [3.63, 3.8) is 0 Å². The van der Waals surface area contributed by atoms with Gasteiger partial charge in [0.25, 0.3) is 0 Å². The molecule has 1 heterocycles. The Bertz CT molecular complexity index is 1090. The Hall–Kier alpha value is -2.41. The molecule has 3 aromatic carbocycles. The van der Waals surface area contributed by atoms with Crippen LogP contribution in [0.3, 0.4) is 0 Å². The van der Waals surface area contributed by atoms with Gasteiger partial charge in [-0.3, -0.25) is 4.90 Å². The van der Waals surface area contributed by atoms with Gasteiger partial charge in [-0.1, -0.05) is 42.5 Å². The minimum atomic E-state index is -3.61. The summed E-state index contributed by atoms with van der Waals surface area (Å²) in [6, 6.07) is 20.9. The number of likely N-dealkylation sites (tertiary alicyclic amines) is 1. The lowest BCUT2D eigenvalue weighted by atomic mass is 10.1. The molecule has 1 fully saturated rings. The molecule has 0 aromatic heterocycles. The molecular weight excluding hydrogens is 384 g/mol. The Morgan fingerprint density at radius 3 is 2.48 bits per heavy atom. The summed E-state index contributed by atoms with van der Waals surface area (Å²) in [7, 11) is -1.96. The molecule has 5 nitrogen and oxygen atoms in total. The van der Waals surface area contributed by atoms with Crippen LogP contribution in [-0.2, 0) is 10.0 Å². The standard InChI is InChI=1S/C23H26N2O3S/c1-28-21-10-6-9-20(15-21)23(25-13-4-5-14-25)17-24-29(26,27)22-12-11-18-7-2-3-8-19(18)16-22/h2-3,6-12,15-16,23-24H,4-5,13-14,17H2,1H3. The van der Waals surface area contributed by atoms with Crippen molar-refractivity contribution in [3.8, 4) is 5.75 Å². The highest BCUT2D eigenvalue weighted by atomic mass is 32.2. The molecule has 1 aliphatic heterocycles.